The van der Waals surface area contributed by atoms with E-state index >= 15 is 0 Å². The van der Waals surface area contributed by atoms with Crippen LogP contribution in [0.3, 0.4) is 0 Å². The molecule has 2 nitrogen and oxygen atoms in total. The molecule has 1 aliphatic rings. The third-order valence-electron chi connectivity index (χ3n) is 3.48. The van der Waals surface area contributed by atoms with Gasteiger partial charge >= 0.3 is 0 Å². The molecule has 1 unspecified atom stereocenters. The Morgan fingerprint density at radius 2 is 2.00 bits per heavy atom. The third-order valence-corrected chi connectivity index (χ3v) is 3.48. The fourth-order valence-corrected chi connectivity index (χ4v) is 2.15. The SMILES string of the molecule is CCCC(C)(CC)OC1CC(NC)C1. The first-order valence-corrected chi connectivity index (χ1v) is 5.98. The molecule has 0 aromatic carbocycles. The van der Waals surface area contributed by atoms with Crippen molar-refractivity contribution < 1.29 is 4.74 Å². The van der Waals surface area contributed by atoms with Gasteiger partial charge in [-0.2, -0.15) is 0 Å². The van der Waals surface area contributed by atoms with Gasteiger partial charge in [-0.1, -0.05) is 20.3 Å². The summed E-state index contributed by atoms with van der Waals surface area (Å²) in [5.41, 5.74) is 0.123. The standard InChI is InChI=1S/C12H25NO/c1-5-7-12(3,6-2)14-11-8-10(9-11)13-4/h10-11,13H,5-9H2,1-4H3. The van der Waals surface area contributed by atoms with E-state index in [2.05, 4.69) is 26.1 Å². The number of nitrogens with one attached hydrogen (secondary N) is 1. The Morgan fingerprint density at radius 1 is 1.36 bits per heavy atom. The minimum atomic E-state index is 0.123. The van der Waals surface area contributed by atoms with Gasteiger partial charge in [0.1, 0.15) is 0 Å². The second-order valence-corrected chi connectivity index (χ2v) is 4.75. The fourth-order valence-electron chi connectivity index (χ4n) is 2.15. The molecule has 2 heteroatoms. The van der Waals surface area contributed by atoms with Crippen LogP contribution < -0.4 is 5.32 Å². The lowest BCUT2D eigenvalue weighted by molar-refractivity contribution is -0.125. The van der Waals surface area contributed by atoms with E-state index in [-0.39, 0.29) is 5.60 Å². The fraction of sp³-hybridized carbons (Fsp3) is 1.00. The number of rotatable bonds is 6. The van der Waals surface area contributed by atoms with Crippen molar-refractivity contribution in [3.8, 4) is 0 Å². The van der Waals surface area contributed by atoms with Crippen LogP contribution in [0.15, 0.2) is 0 Å². The van der Waals surface area contributed by atoms with Gasteiger partial charge in [0.15, 0.2) is 0 Å². The molecule has 0 amide bonds. The normalized spacial score (nSPS) is 30.9. The van der Waals surface area contributed by atoms with Gasteiger partial charge in [0, 0.05) is 6.04 Å². The highest BCUT2D eigenvalue weighted by molar-refractivity contribution is 4.87. The molecule has 1 atom stereocenters. The lowest BCUT2D eigenvalue weighted by atomic mass is 9.87. The summed E-state index contributed by atoms with van der Waals surface area (Å²) in [5.74, 6) is 0. The molecule has 1 aliphatic carbocycles. The van der Waals surface area contributed by atoms with Crippen molar-refractivity contribution in [2.24, 2.45) is 0 Å². The highest BCUT2D eigenvalue weighted by Crippen LogP contribution is 2.31. The average Bonchev–Trinajstić information content (AvgIpc) is 2.11. The third kappa shape index (κ3) is 2.96. The van der Waals surface area contributed by atoms with Crippen LogP contribution in [0.2, 0.25) is 0 Å². The zero-order valence-electron chi connectivity index (χ0n) is 10.1. The molecule has 0 bridgehead atoms. The zero-order valence-corrected chi connectivity index (χ0v) is 10.1. The van der Waals surface area contributed by atoms with Crippen molar-refractivity contribution in [3.05, 3.63) is 0 Å². The maximum absolute atomic E-state index is 6.16. The van der Waals surface area contributed by atoms with Crippen molar-refractivity contribution in [3.63, 3.8) is 0 Å². The van der Waals surface area contributed by atoms with E-state index in [1.165, 1.54) is 25.7 Å². The minimum Gasteiger partial charge on any atom is -0.372 e. The molecule has 1 saturated carbocycles. The number of ether oxygens (including phenoxy) is 1. The molecule has 0 aromatic rings. The summed E-state index contributed by atoms with van der Waals surface area (Å²) in [7, 11) is 2.03. The molecule has 0 heterocycles. The Balaban J connectivity index is 2.28. The van der Waals surface area contributed by atoms with E-state index < -0.39 is 0 Å². The molecular formula is C12H25NO. The van der Waals surface area contributed by atoms with E-state index in [4.69, 9.17) is 4.74 Å². The Kier molecular flexibility index (Phi) is 4.39. The molecule has 1 N–H and O–H groups in total. The van der Waals surface area contributed by atoms with E-state index in [9.17, 15) is 0 Å². The van der Waals surface area contributed by atoms with Crippen LogP contribution in [0.1, 0.15) is 52.9 Å². The maximum Gasteiger partial charge on any atom is 0.0655 e. The van der Waals surface area contributed by atoms with Gasteiger partial charge < -0.3 is 10.1 Å². The molecule has 14 heavy (non-hydrogen) atoms. The predicted molar refractivity (Wildman–Crippen MR) is 60.6 cm³/mol. The molecule has 0 aliphatic heterocycles. The summed E-state index contributed by atoms with van der Waals surface area (Å²) in [6, 6.07) is 0.697. The maximum atomic E-state index is 6.16. The lowest BCUT2D eigenvalue weighted by Gasteiger charge is -2.41. The average molecular weight is 199 g/mol. The van der Waals surface area contributed by atoms with E-state index in [0.29, 0.717) is 12.1 Å². The summed E-state index contributed by atoms with van der Waals surface area (Å²) >= 11 is 0. The van der Waals surface area contributed by atoms with Gasteiger partial charge in [-0.3, -0.25) is 0 Å². The highest BCUT2D eigenvalue weighted by atomic mass is 16.5. The zero-order chi connectivity index (χ0) is 10.6. The first-order valence-electron chi connectivity index (χ1n) is 5.98. The Labute approximate surface area is 88.4 Å². The van der Waals surface area contributed by atoms with Crippen molar-refractivity contribution in [2.45, 2.75) is 70.6 Å². The smallest absolute Gasteiger partial charge is 0.0655 e. The number of hydrogen-bond donors (Lipinski definition) is 1. The molecule has 0 spiro atoms. The molecule has 1 fully saturated rings. The van der Waals surface area contributed by atoms with Crippen LogP contribution >= 0.6 is 0 Å². The lowest BCUT2D eigenvalue weighted by Crippen LogP contribution is -2.47. The molecule has 84 valence electrons. The molecule has 0 aromatic heterocycles. The van der Waals surface area contributed by atoms with Gasteiger partial charge in [0.25, 0.3) is 0 Å². The molecule has 0 radical (unpaired) electrons. The monoisotopic (exact) mass is 199 g/mol. The first-order chi connectivity index (χ1) is 6.63. The predicted octanol–water partition coefficient (Wildman–Crippen LogP) is 2.72. The second kappa shape index (κ2) is 5.13. The molecular weight excluding hydrogens is 174 g/mol. The van der Waals surface area contributed by atoms with Crippen molar-refractivity contribution in [1.82, 2.24) is 5.32 Å². The van der Waals surface area contributed by atoms with Crippen LogP contribution in [0.25, 0.3) is 0 Å². The topological polar surface area (TPSA) is 21.3 Å². The Morgan fingerprint density at radius 3 is 2.43 bits per heavy atom. The summed E-state index contributed by atoms with van der Waals surface area (Å²) in [4.78, 5) is 0. The van der Waals surface area contributed by atoms with Gasteiger partial charge in [-0.25, -0.2) is 0 Å². The van der Waals surface area contributed by atoms with Crippen LogP contribution in [0, 0.1) is 0 Å². The van der Waals surface area contributed by atoms with Gasteiger partial charge in [-0.15, -0.1) is 0 Å². The van der Waals surface area contributed by atoms with Crippen LogP contribution in [-0.2, 0) is 4.74 Å². The number of hydrogen-bond acceptors (Lipinski definition) is 2. The Hall–Kier alpha value is -0.0800. The van der Waals surface area contributed by atoms with Crippen LogP contribution in [0.5, 0.6) is 0 Å². The van der Waals surface area contributed by atoms with Gasteiger partial charge in [0.05, 0.1) is 11.7 Å². The first kappa shape index (κ1) is 12.0. The Bertz CT molecular complexity index is 166. The van der Waals surface area contributed by atoms with E-state index in [1.54, 1.807) is 0 Å². The quantitative estimate of drug-likeness (QED) is 0.710. The van der Waals surface area contributed by atoms with E-state index in [0.717, 1.165) is 6.42 Å². The summed E-state index contributed by atoms with van der Waals surface area (Å²) < 4.78 is 6.16. The van der Waals surface area contributed by atoms with Crippen LogP contribution in [-0.4, -0.2) is 24.8 Å². The van der Waals surface area contributed by atoms with E-state index in [1.807, 2.05) is 7.05 Å². The molecule has 0 saturated heterocycles. The molecule has 1 rings (SSSR count). The van der Waals surface area contributed by atoms with Crippen LogP contribution in [0.4, 0.5) is 0 Å². The summed E-state index contributed by atoms with van der Waals surface area (Å²) in [6.45, 7) is 6.71. The summed E-state index contributed by atoms with van der Waals surface area (Å²) in [6.07, 6.45) is 6.41. The van der Waals surface area contributed by atoms with Crippen molar-refractivity contribution >= 4 is 0 Å². The van der Waals surface area contributed by atoms with Crippen molar-refractivity contribution in [2.75, 3.05) is 7.05 Å². The minimum absolute atomic E-state index is 0.123. The summed E-state index contributed by atoms with van der Waals surface area (Å²) in [5, 5.41) is 3.29. The largest absolute Gasteiger partial charge is 0.372 e. The highest BCUT2D eigenvalue weighted by Gasteiger charge is 2.34. The van der Waals surface area contributed by atoms with Gasteiger partial charge in [0.2, 0.25) is 0 Å². The second-order valence-electron chi connectivity index (χ2n) is 4.75. The van der Waals surface area contributed by atoms with Gasteiger partial charge in [-0.05, 0) is 39.7 Å². The van der Waals surface area contributed by atoms with Crippen molar-refractivity contribution in [1.29, 1.82) is 0 Å².